The molecule has 0 saturated heterocycles. The monoisotopic (exact) mass is 200 g/mol. The van der Waals surface area contributed by atoms with Gasteiger partial charge in [0.25, 0.3) is 0 Å². The van der Waals surface area contributed by atoms with Gasteiger partial charge in [-0.2, -0.15) is 0 Å². The Kier molecular flexibility index (Phi) is 7.07. The van der Waals surface area contributed by atoms with Gasteiger partial charge in [-0.1, -0.05) is 45.1 Å². The first-order valence-corrected chi connectivity index (χ1v) is 5.45. The number of alkyl halides is 1. The predicted octanol–water partition coefficient (Wildman–Crippen LogP) is 4.55. The van der Waals surface area contributed by atoms with E-state index in [9.17, 15) is 0 Å². The summed E-state index contributed by atoms with van der Waals surface area (Å²) < 4.78 is 0. The van der Waals surface area contributed by atoms with Crippen LogP contribution in [0.25, 0.3) is 0 Å². The van der Waals surface area contributed by atoms with Crippen molar-refractivity contribution in [1.29, 1.82) is 0 Å². The molecule has 0 aliphatic heterocycles. The zero-order chi connectivity index (χ0) is 10.2. The molecule has 76 valence electrons. The lowest BCUT2D eigenvalue weighted by molar-refractivity contribution is 0.420. The van der Waals surface area contributed by atoms with Gasteiger partial charge in [0.15, 0.2) is 0 Å². The van der Waals surface area contributed by atoms with E-state index in [2.05, 4.69) is 39.0 Å². The van der Waals surface area contributed by atoms with Crippen LogP contribution in [0.5, 0.6) is 0 Å². The summed E-state index contributed by atoms with van der Waals surface area (Å²) in [7, 11) is 0. The second kappa shape index (κ2) is 7.20. The van der Waals surface area contributed by atoms with Crippen LogP contribution >= 0.6 is 11.6 Å². The number of rotatable bonds is 5. The van der Waals surface area contributed by atoms with Crippen LogP contribution in [-0.4, -0.2) is 5.88 Å². The van der Waals surface area contributed by atoms with E-state index in [4.69, 9.17) is 11.6 Å². The Morgan fingerprint density at radius 3 is 1.92 bits per heavy atom. The Labute approximate surface area is 87.7 Å². The van der Waals surface area contributed by atoms with Crippen LogP contribution in [0.15, 0.2) is 24.3 Å². The second-order valence-electron chi connectivity index (χ2n) is 4.44. The van der Waals surface area contributed by atoms with Crippen molar-refractivity contribution in [2.24, 2.45) is 5.41 Å². The van der Waals surface area contributed by atoms with Crippen molar-refractivity contribution in [3.63, 3.8) is 0 Å². The quantitative estimate of drug-likeness (QED) is 0.347. The number of hydrogen-bond acceptors (Lipinski definition) is 0. The van der Waals surface area contributed by atoms with E-state index in [1.165, 1.54) is 0 Å². The largest absolute Gasteiger partial charge is 0.122 e. The van der Waals surface area contributed by atoms with Crippen LogP contribution in [0.3, 0.4) is 0 Å². The number of unbranched alkanes of at least 4 members (excludes halogenated alkanes) is 1. The Morgan fingerprint density at radius 2 is 1.46 bits per heavy atom. The highest BCUT2D eigenvalue weighted by molar-refractivity contribution is 6.18. The molecular weight excluding hydrogens is 180 g/mol. The van der Waals surface area contributed by atoms with Gasteiger partial charge in [-0.05, 0) is 24.7 Å². The summed E-state index contributed by atoms with van der Waals surface area (Å²) in [6.07, 6.45) is 12.1. The molecule has 0 atom stereocenters. The van der Waals surface area contributed by atoms with Crippen molar-refractivity contribution in [3.05, 3.63) is 24.3 Å². The van der Waals surface area contributed by atoms with E-state index < -0.39 is 0 Å². The highest BCUT2D eigenvalue weighted by atomic mass is 35.5. The fourth-order valence-electron chi connectivity index (χ4n) is 0.928. The number of allylic oxidation sites excluding steroid dienone is 4. The van der Waals surface area contributed by atoms with Gasteiger partial charge in [0.1, 0.15) is 0 Å². The summed E-state index contributed by atoms with van der Waals surface area (Å²) in [6, 6.07) is 0. The Morgan fingerprint density at radius 1 is 0.923 bits per heavy atom. The van der Waals surface area contributed by atoms with Gasteiger partial charge in [0, 0.05) is 5.88 Å². The van der Waals surface area contributed by atoms with Crippen LogP contribution in [-0.2, 0) is 0 Å². The maximum Gasteiger partial charge on any atom is 0.0404 e. The van der Waals surface area contributed by atoms with Crippen molar-refractivity contribution in [1.82, 2.24) is 0 Å². The molecule has 1 heteroatoms. The first-order chi connectivity index (χ1) is 6.06. The molecule has 0 aliphatic carbocycles. The molecule has 0 saturated carbocycles. The Balaban J connectivity index is 3.37. The minimum Gasteiger partial charge on any atom is -0.122 e. The molecule has 0 bridgehead atoms. The normalized spacial score (nSPS) is 13.2. The molecule has 0 rings (SSSR count). The van der Waals surface area contributed by atoms with Crippen molar-refractivity contribution in [2.45, 2.75) is 40.0 Å². The minimum atomic E-state index is 0.419. The second-order valence-corrected chi connectivity index (χ2v) is 4.75. The Hall–Kier alpha value is -0.230. The summed E-state index contributed by atoms with van der Waals surface area (Å²) in [5.41, 5.74) is 0.419. The summed E-state index contributed by atoms with van der Waals surface area (Å²) >= 11 is 5.50. The van der Waals surface area contributed by atoms with Gasteiger partial charge in [0.05, 0.1) is 0 Å². The van der Waals surface area contributed by atoms with Crippen molar-refractivity contribution >= 4 is 11.6 Å². The summed E-state index contributed by atoms with van der Waals surface area (Å²) in [5, 5.41) is 0. The molecule has 13 heavy (non-hydrogen) atoms. The van der Waals surface area contributed by atoms with E-state index in [0.29, 0.717) is 11.3 Å². The number of hydrogen-bond donors (Lipinski definition) is 0. The summed E-state index contributed by atoms with van der Waals surface area (Å²) in [6.45, 7) is 6.76. The molecule has 0 N–H and O–H groups in total. The lowest BCUT2D eigenvalue weighted by Crippen LogP contribution is -2.01. The van der Waals surface area contributed by atoms with E-state index in [1.807, 2.05) is 6.08 Å². The molecule has 0 aliphatic rings. The average molecular weight is 201 g/mol. The van der Waals surface area contributed by atoms with Crippen molar-refractivity contribution < 1.29 is 0 Å². The van der Waals surface area contributed by atoms with Crippen LogP contribution < -0.4 is 0 Å². The Bertz CT molecular complexity index is 160. The van der Waals surface area contributed by atoms with Gasteiger partial charge in [-0.25, -0.2) is 0 Å². The average Bonchev–Trinajstić information content (AvgIpc) is 2.01. The van der Waals surface area contributed by atoms with E-state index in [1.54, 1.807) is 0 Å². The topological polar surface area (TPSA) is 0 Å². The maximum absolute atomic E-state index is 5.50. The third-order valence-electron chi connectivity index (χ3n) is 1.65. The molecule has 0 heterocycles. The van der Waals surface area contributed by atoms with Crippen LogP contribution in [0.4, 0.5) is 0 Å². The highest BCUT2D eigenvalue weighted by Gasteiger charge is 2.05. The molecule has 0 spiro atoms. The molecular formula is C12H21Cl. The molecule has 0 aromatic carbocycles. The van der Waals surface area contributed by atoms with Crippen LogP contribution in [0.1, 0.15) is 40.0 Å². The van der Waals surface area contributed by atoms with Gasteiger partial charge in [0.2, 0.25) is 0 Å². The molecule has 0 unspecified atom stereocenters. The van der Waals surface area contributed by atoms with Gasteiger partial charge < -0.3 is 0 Å². The first-order valence-electron chi connectivity index (χ1n) is 4.92. The predicted molar refractivity (Wildman–Crippen MR) is 62.3 cm³/mol. The van der Waals surface area contributed by atoms with Crippen molar-refractivity contribution in [2.75, 3.05) is 5.88 Å². The summed E-state index contributed by atoms with van der Waals surface area (Å²) in [5.74, 6) is 0.631. The SMILES string of the molecule is CC(C)(C)C/C=C/CC/C=C/CCl. The van der Waals surface area contributed by atoms with Crippen molar-refractivity contribution in [3.8, 4) is 0 Å². The molecule has 0 nitrogen and oxygen atoms in total. The zero-order valence-electron chi connectivity index (χ0n) is 9.02. The lowest BCUT2D eigenvalue weighted by atomic mass is 9.92. The third-order valence-corrected chi connectivity index (χ3v) is 1.83. The van der Waals surface area contributed by atoms with E-state index in [0.717, 1.165) is 19.3 Å². The van der Waals surface area contributed by atoms with Gasteiger partial charge in [-0.15, -0.1) is 11.6 Å². The summed E-state index contributed by atoms with van der Waals surface area (Å²) in [4.78, 5) is 0. The first kappa shape index (κ1) is 12.8. The van der Waals surface area contributed by atoms with E-state index >= 15 is 0 Å². The molecule has 0 aromatic heterocycles. The molecule has 0 amide bonds. The van der Waals surface area contributed by atoms with Gasteiger partial charge >= 0.3 is 0 Å². The highest BCUT2D eigenvalue weighted by Crippen LogP contribution is 2.18. The minimum absolute atomic E-state index is 0.419. The van der Waals surface area contributed by atoms with E-state index in [-0.39, 0.29) is 0 Å². The number of halogens is 1. The molecule has 0 aromatic rings. The zero-order valence-corrected chi connectivity index (χ0v) is 9.77. The van der Waals surface area contributed by atoms with Crippen LogP contribution in [0.2, 0.25) is 0 Å². The van der Waals surface area contributed by atoms with Gasteiger partial charge in [-0.3, -0.25) is 0 Å². The lowest BCUT2D eigenvalue weighted by Gasteiger charge is -2.14. The molecule has 0 radical (unpaired) electrons. The fourth-order valence-corrected chi connectivity index (χ4v) is 1.05. The fraction of sp³-hybridized carbons (Fsp3) is 0.667. The standard InChI is InChI=1S/C12H21Cl/c1-12(2,3)10-8-6-4-5-7-9-11-13/h6-9H,4-5,10-11H2,1-3H3/b8-6+,9-7+. The maximum atomic E-state index is 5.50. The smallest absolute Gasteiger partial charge is 0.0404 e. The third kappa shape index (κ3) is 11.8. The molecule has 0 fully saturated rings. The van der Waals surface area contributed by atoms with Crippen LogP contribution in [0, 0.1) is 5.41 Å².